The van der Waals surface area contributed by atoms with E-state index in [4.69, 9.17) is 4.42 Å². The van der Waals surface area contributed by atoms with Gasteiger partial charge in [-0.2, -0.15) is 0 Å². The zero-order valence-corrected chi connectivity index (χ0v) is 12.3. The van der Waals surface area contributed by atoms with Crippen LogP contribution in [0.4, 0.5) is 5.00 Å². The molecule has 2 rings (SSSR count). The number of carboxylic acid groups (broad SMARTS) is 1. The Hall–Kier alpha value is -2.08. The van der Waals surface area contributed by atoms with Crippen LogP contribution in [-0.4, -0.2) is 17.0 Å². The summed E-state index contributed by atoms with van der Waals surface area (Å²) in [7, 11) is 0. The van der Waals surface area contributed by atoms with Gasteiger partial charge in [0.25, 0.3) is 5.91 Å². The molecule has 0 bridgehead atoms. The highest BCUT2D eigenvalue weighted by Gasteiger charge is 2.22. The molecular formula is C14H15NO4S. The maximum atomic E-state index is 12.0. The first-order chi connectivity index (χ1) is 9.43. The molecule has 0 aliphatic carbocycles. The Bertz CT molecular complexity index is 669. The Morgan fingerprint density at radius 3 is 2.55 bits per heavy atom. The smallest absolute Gasteiger partial charge is 0.339 e. The molecule has 0 unspecified atom stereocenters. The number of hydrogen-bond donors (Lipinski definition) is 2. The second kappa shape index (κ2) is 5.50. The van der Waals surface area contributed by atoms with Gasteiger partial charge in [0, 0.05) is 4.88 Å². The summed E-state index contributed by atoms with van der Waals surface area (Å²) in [5.41, 5.74) is 0.931. The average molecular weight is 293 g/mol. The zero-order valence-electron chi connectivity index (χ0n) is 11.4. The lowest BCUT2D eigenvalue weighted by Gasteiger charge is -2.03. The van der Waals surface area contributed by atoms with Gasteiger partial charge in [0.1, 0.15) is 10.8 Å². The van der Waals surface area contributed by atoms with Crippen LogP contribution in [0.15, 0.2) is 16.5 Å². The monoisotopic (exact) mass is 293 g/mol. The van der Waals surface area contributed by atoms with Gasteiger partial charge in [-0.3, -0.25) is 4.79 Å². The first-order valence-corrected chi connectivity index (χ1v) is 6.99. The van der Waals surface area contributed by atoms with E-state index in [9.17, 15) is 14.7 Å². The number of aromatic carboxylic acids is 1. The van der Waals surface area contributed by atoms with Crippen LogP contribution >= 0.6 is 11.3 Å². The number of carbonyl (C=O) groups excluding carboxylic acids is 1. The number of aryl methyl sites for hydroxylation is 2. The van der Waals surface area contributed by atoms with Crippen molar-refractivity contribution in [2.75, 3.05) is 5.32 Å². The third-order valence-corrected chi connectivity index (χ3v) is 4.03. The molecule has 0 aliphatic heterocycles. The minimum atomic E-state index is -1.03. The van der Waals surface area contributed by atoms with Gasteiger partial charge in [-0.05, 0) is 38.0 Å². The second-order valence-corrected chi connectivity index (χ2v) is 5.59. The third kappa shape index (κ3) is 2.60. The van der Waals surface area contributed by atoms with Gasteiger partial charge >= 0.3 is 5.97 Å². The topological polar surface area (TPSA) is 79.5 Å². The molecule has 0 saturated carbocycles. The Morgan fingerprint density at radius 1 is 1.35 bits per heavy atom. The molecule has 2 heterocycles. The second-order valence-electron chi connectivity index (χ2n) is 4.36. The largest absolute Gasteiger partial charge is 0.478 e. The summed E-state index contributed by atoms with van der Waals surface area (Å²) in [4.78, 5) is 24.3. The summed E-state index contributed by atoms with van der Waals surface area (Å²) in [5.74, 6) is -0.671. The number of anilines is 1. The Balaban J connectivity index is 2.34. The Labute approximate surface area is 120 Å². The molecule has 0 aliphatic rings. The van der Waals surface area contributed by atoms with Gasteiger partial charge in [-0.25, -0.2) is 4.79 Å². The highest BCUT2D eigenvalue weighted by molar-refractivity contribution is 7.16. The molecule has 0 saturated heterocycles. The molecule has 0 radical (unpaired) electrons. The van der Waals surface area contributed by atoms with Gasteiger partial charge in [-0.15, -0.1) is 11.3 Å². The first kappa shape index (κ1) is 14.3. The molecular weight excluding hydrogens is 278 g/mol. The molecule has 0 spiro atoms. The number of nitrogens with one attached hydrogen (secondary N) is 1. The van der Waals surface area contributed by atoms with Crippen molar-refractivity contribution < 1.29 is 19.1 Å². The van der Waals surface area contributed by atoms with Gasteiger partial charge in [0.05, 0.1) is 5.56 Å². The molecule has 0 fully saturated rings. The SMILES string of the molecule is CCc1c(C)sc(NC(=O)c2ccc(C)o2)c1C(=O)O. The zero-order chi connectivity index (χ0) is 14.9. The van der Waals surface area contributed by atoms with Crippen molar-refractivity contribution in [3.63, 3.8) is 0 Å². The van der Waals surface area contributed by atoms with Crippen molar-refractivity contribution in [2.24, 2.45) is 0 Å². The van der Waals surface area contributed by atoms with Crippen LogP contribution in [0.25, 0.3) is 0 Å². The minimum Gasteiger partial charge on any atom is -0.478 e. The van der Waals surface area contributed by atoms with Crippen molar-refractivity contribution >= 4 is 28.2 Å². The molecule has 0 aromatic carbocycles. The van der Waals surface area contributed by atoms with Crippen LogP contribution in [0.3, 0.4) is 0 Å². The van der Waals surface area contributed by atoms with Crippen molar-refractivity contribution in [2.45, 2.75) is 27.2 Å². The highest BCUT2D eigenvalue weighted by Crippen LogP contribution is 2.33. The van der Waals surface area contributed by atoms with Gasteiger partial charge in [0.2, 0.25) is 0 Å². The van der Waals surface area contributed by atoms with Crippen molar-refractivity contribution in [3.05, 3.63) is 39.7 Å². The normalized spacial score (nSPS) is 10.6. The fraction of sp³-hybridized carbons (Fsp3) is 0.286. The molecule has 2 aromatic rings. The maximum Gasteiger partial charge on any atom is 0.339 e. The summed E-state index contributed by atoms with van der Waals surface area (Å²) in [6.45, 7) is 5.48. The van der Waals surface area contributed by atoms with Crippen LogP contribution in [0.2, 0.25) is 0 Å². The van der Waals surface area contributed by atoms with E-state index in [0.29, 0.717) is 17.2 Å². The number of carboxylic acids is 1. The van der Waals surface area contributed by atoms with E-state index in [0.717, 1.165) is 10.4 Å². The average Bonchev–Trinajstić information content (AvgIpc) is 2.92. The fourth-order valence-electron chi connectivity index (χ4n) is 2.04. The third-order valence-electron chi connectivity index (χ3n) is 2.97. The number of hydrogen-bond acceptors (Lipinski definition) is 4. The molecule has 0 atom stereocenters. The molecule has 106 valence electrons. The molecule has 2 aromatic heterocycles. The van der Waals surface area contributed by atoms with Crippen LogP contribution < -0.4 is 5.32 Å². The summed E-state index contributed by atoms with van der Waals surface area (Å²) < 4.78 is 5.23. The van der Waals surface area contributed by atoms with Gasteiger partial charge in [-0.1, -0.05) is 6.92 Å². The van der Waals surface area contributed by atoms with E-state index >= 15 is 0 Å². The summed E-state index contributed by atoms with van der Waals surface area (Å²) in [6, 6.07) is 3.25. The van der Waals surface area contributed by atoms with Crippen LogP contribution in [-0.2, 0) is 6.42 Å². The maximum absolute atomic E-state index is 12.0. The number of furan rings is 1. The number of carbonyl (C=O) groups is 2. The number of thiophene rings is 1. The van der Waals surface area contributed by atoms with E-state index in [2.05, 4.69) is 5.32 Å². The van der Waals surface area contributed by atoms with Crippen molar-refractivity contribution in [1.82, 2.24) is 0 Å². The predicted octanol–water partition coefficient (Wildman–Crippen LogP) is 3.47. The van der Waals surface area contributed by atoms with E-state index < -0.39 is 11.9 Å². The van der Waals surface area contributed by atoms with Gasteiger partial charge in [0.15, 0.2) is 5.76 Å². The minimum absolute atomic E-state index is 0.169. The van der Waals surface area contributed by atoms with E-state index in [1.165, 1.54) is 11.3 Å². The molecule has 1 amide bonds. The van der Waals surface area contributed by atoms with Crippen molar-refractivity contribution in [3.8, 4) is 0 Å². The van der Waals surface area contributed by atoms with E-state index in [-0.39, 0.29) is 11.3 Å². The number of amides is 1. The summed E-state index contributed by atoms with van der Waals surface area (Å²) in [6.07, 6.45) is 0.611. The Morgan fingerprint density at radius 2 is 2.05 bits per heavy atom. The number of rotatable bonds is 4. The van der Waals surface area contributed by atoms with E-state index in [1.807, 2.05) is 13.8 Å². The fourth-order valence-corrected chi connectivity index (χ4v) is 3.17. The lowest BCUT2D eigenvalue weighted by molar-refractivity contribution is 0.0697. The highest BCUT2D eigenvalue weighted by atomic mass is 32.1. The van der Waals surface area contributed by atoms with Crippen LogP contribution in [0, 0.1) is 13.8 Å². The van der Waals surface area contributed by atoms with Crippen LogP contribution in [0.1, 0.15) is 44.0 Å². The summed E-state index contributed by atoms with van der Waals surface area (Å²) >= 11 is 1.27. The van der Waals surface area contributed by atoms with Crippen molar-refractivity contribution in [1.29, 1.82) is 0 Å². The summed E-state index contributed by atoms with van der Waals surface area (Å²) in [5, 5.41) is 12.3. The van der Waals surface area contributed by atoms with Gasteiger partial charge < -0.3 is 14.8 Å². The molecule has 5 nitrogen and oxygen atoms in total. The van der Waals surface area contributed by atoms with E-state index in [1.54, 1.807) is 19.1 Å². The molecule has 20 heavy (non-hydrogen) atoms. The van der Waals surface area contributed by atoms with Crippen LogP contribution in [0.5, 0.6) is 0 Å². The first-order valence-electron chi connectivity index (χ1n) is 6.17. The standard InChI is InChI=1S/C14H15NO4S/c1-4-9-8(3)20-13(11(9)14(17)18)15-12(16)10-6-5-7(2)19-10/h5-6H,4H2,1-3H3,(H,15,16)(H,17,18). The molecule has 2 N–H and O–H groups in total. The quantitative estimate of drug-likeness (QED) is 0.904. The lowest BCUT2D eigenvalue weighted by Crippen LogP contribution is -2.13. The predicted molar refractivity (Wildman–Crippen MR) is 76.8 cm³/mol. The molecule has 6 heteroatoms. The Kier molecular flexibility index (Phi) is 3.94. The lowest BCUT2D eigenvalue weighted by atomic mass is 10.1.